The number of likely N-dealkylation sites (tertiary alicyclic amines) is 1. The average molecular weight is 545 g/mol. The van der Waals surface area contributed by atoms with E-state index in [1.165, 1.54) is 10.5 Å². The van der Waals surface area contributed by atoms with Crippen LogP contribution in [0.2, 0.25) is 0 Å². The van der Waals surface area contributed by atoms with E-state index in [0.717, 1.165) is 42.9 Å². The Bertz CT molecular complexity index is 1370. The van der Waals surface area contributed by atoms with E-state index in [9.17, 15) is 4.79 Å². The molecule has 1 aromatic heterocycles. The number of rotatable bonds is 10. The van der Waals surface area contributed by atoms with Crippen LogP contribution in [0.25, 0.3) is 11.4 Å². The molecular weight excluding hydrogens is 512 g/mol. The molecule has 0 radical (unpaired) electrons. The largest absolute Gasteiger partial charge is 0.493 e. The molecule has 1 saturated heterocycles. The first-order chi connectivity index (χ1) is 19.1. The van der Waals surface area contributed by atoms with Gasteiger partial charge in [-0.15, -0.1) is 11.8 Å². The molecule has 0 saturated carbocycles. The van der Waals surface area contributed by atoms with Gasteiger partial charge in [-0.05, 0) is 74.0 Å². The lowest BCUT2D eigenvalue weighted by Crippen LogP contribution is -2.37. The third kappa shape index (κ3) is 6.99. The molecule has 1 fully saturated rings. The summed E-state index contributed by atoms with van der Waals surface area (Å²) in [5, 5.41) is 7.22. The lowest BCUT2D eigenvalue weighted by molar-refractivity contribution is -0.121. The lowest BCUT2D eigenvalue weighted by Gasteiger charge is -2.30. The molecule has 1 amide bonds. The van der Waals surface area contributed by atoms with Crippen LogP contribution in [0, 0.1) is 5.92 Å². The fourth-order valence-corrected chi connectivity index (χ4v) is 5.44. The molecule has 1 aliphatic rings. The number of carbonyl (C=O) groups is 1. The number of nitrogens with one attached hydrogen (secondary N) is 1. The van der Waals surface area contributed by atoms with Gasteiger partial charge >= 0.3 is 0 Å². The second kappa shape index (κ2) is 12.8. The molecule has 0 atom stereocenters. The van der Waals surface area contributed by atoms with Crippen LogP contribution in [0.5, 0.6) is 11.5 Å². The zero-order valence-corrected chi connectivity index (χ0v) is 22.9. The topological polar surface area (TPSA) is 89.7 Å². The predicted molar refractivity (Wildman–Crippen MR) is 152 cm³/mol. The van der Waals surface area contributed by atoms with Gasteiger partial charge in [0.1, 0.15) is 0 Å². The fraction of sp³-hybridized carbons (Fsp3) is 0.300. The van der Waals surface area contributed by atoms with Crippen LogP contribution in [0.4, 0.5) is 5.69 Å². The van der Waals surface area contributed by atoms with Crippen molar-refractivity contribution < 1.29 is 18.8 Å². The summed E-state index contributed by atoms with van der Waals surface area (Å²) in [5.41, 5.74) is 2.86. The zero-order valence-electron chi connectivity index (χ0n) is 22.1. The van der Waals surface area contributed by atoms with Crippen LogP contribution in [0.3, 0.4) is 0 Å². The molecular formula is C30H32N4O4S. The van der Waals surface area contributed by atoms with Crippen LogP contribution in [-0.4, -0.2) is 48.3 Å². The number of benzene rings is 3. The molecule has 8 nitrogen and oxygen atoms in total. The van der Waals surface area contributed by atoms with Gasteiger partial charge in [0.2, 0.25) is 17.6 Å². The lowest BCUT2D eigenvalue weighted by atomic mass is 9.96. The number of nitrogens with zero attached hydrogens (tertiary/aromatic N) is 3. The van der Waals surface area contributed by atoms with Crippen molar-refractivity contribution in [3.05, 3.63) is 84.3 Å². The first kappa shape index (κ1) is 26.8. The van der Waals surface area contributed by atoms with Gasteiger partial charge in [0, 0.05) is 27.8 Å². The quantitative estimate of drug-likeness (QED) is 0.247. The standard InChI is InChI=1S/C30H32N4O4S/c1-36-26-13-10-23(18-27(26)37-2)29-32-28(38-33-29)19-34-16-14-22(15-17-34)30(35)31-24-11-8-21(9-12-24)20-39-25-6-4-3-5-7-25/h3-13,18,22H,14-17,19-20H2,1-2H3,(H,31,35). The molecule has 0 unspecified atom stereocenters. The number of hydrogen-bond donors (Lipinski definition) is 1. The van der Waals surface area contributed by atoms with E-state index in [-0.39, 0.29) is 11.8 Å². The Morgan fingerprint density at radius 3 is 2.46 bits per heavy atom. The summed E-state index contributed by atoms with van der Waals surface area (Å²) in [6, 6.07) is 24.0. The number of methoxy groups -OCH3 is 2. The van der Waals surface area contributed by atoms with Gasteiger partial charge in [-0.2, -0.15) is 4.98 Å². The molecule has 0 spiro atoms. The normalized spacial score (nSPS) is 14.2. The average Bonchev–Trinajstić information content (AvgIpc) is 3.45. The molecule has 4 aromatic rings. The maximum Gasteiger partial charge on any atom is 0.241 e. The summed E-state index contributed by atoms with van der Waals surface area (Å²) in [7, 11) is 3.19. The summed E-state index contributed by atoms with van der Waals surface area (Å²) in [5.74, 6) is 3.27. The Labute approximate surface area is 232 Å². The Hall–Kier alpha value is -3.82. The van der Waals surface area contributed by atoms with E-state index in [4.69, 9.17) is 14.0 Å². The number of piperidine rings is 1. The minimum Gasteiger partial charge on any atom is -0.493 e. The molecule has 5 rings (SSSR count). The Balaban J connectivity index is 1.08. The highest BCUT2D eigenvalue weighted by Crippen LogP contribution is 2.31. The van der Waals surface area contributed by atoms with Crippen LogP contribution in [-0.2, 0) is 17.1 Å². The van der Waals surface area contributed by atoms with Gasteiger partial charge in [0.05, 0.1) is 20.8 Å². The van der Waals surface area contributed by atoms with E-state index >= 15 is 0 Å². The van der Waals surface area contributed by atoms with Crippen molar-refractivity contribution in [3.8, 4) is 22.9 Å². The van der Waals surface area contributed by atoms with Crippen molar-refractivity contribution in [1.82, 2.24) is 15.0 Å². The highest BCUT2D eigenvalue weighted by molar-refractivity contribution is 7.98. The molecule has 9 heteroatoms. The Kier molecular flexibility index (Phi) is 8.80. The summed E-state index contributed by atoms with van der Waals surface area (Å²) in [4.78, 5) is 20.9. The SMILES string of the molecule is COc1ccc(-c2noc(CN3CCC(C(=O)Nc4ccc(CSc5ccccc5)cc4)CC3)n2)cc1OC. The first-order valence-electron chi connectivity index (χ1n) is 13.0. The van der Waals surface area contributed by atoms with E-state index in [0.29, 0.717) is 29.8 Å². The molecule has 39 heavy (non-hydrogen) atoms. The number of aromatic nitrogens is 2. The van der Waals surface area contributed by atoms with Crippen LogP contribution >= 0.6 is 11.8 Å². The monoisotopic (exact) mass is 544 g/mol. The summed E-state index contributed by atoms with van der Waals surface area (Å²) >= 11 is 1.80. The third-order valence-corrected chi connectivity index (χ3v) is 7.88. The second-order valence-corrected chi connectivity index (χ2v) is 10.5. The van der Waals surface area contributed by atoms with Gasteiger partial charge in [0.15, 0.2) is 11.5 Å². The summed E-state index contributed by atoms with van der Waals surface area (Å²) in [6.45, 7) is 2.14. The van der Waals surface area contributed by atoms with E-state index < -0.39 is 0 Å². The van der Waals surface area contributed by atoms with Crippen molar-refractivity contribution in [1.29, 1.82) is 0 Å². The maximum absolute atomic E-state index is 12.9. The van der Waals surface area contributed by atoms with Gasteiger partial charge < -0.3 is 19.3 Å². The number of hydrogen-bond acceptors (Lipinski definition) is 8. The minimum absolute atomic E-state index is 0.0143. The fourth-order valence-electron chi connectivity index (χ4n) is 4.57. The number of thioether (sulfide) groups is 1. The van der Waals surface area contributed by atoms with Crippen LogP contribution < -0.4 is 14.8 Å². The van der Waals surface area contributed by atoms with E-state index in [1.807, 2.05) is 48.5 Å². The van der Waals surface area contributed by atoms with E-state index in [1.54, 1.807) is 26.0 Å². The third-order valence-electron chi connectivity index (χ3n) is 6.80. The highest BCUT2D eigenvalue weighted by atomic mass is 32.2. The summed E-state index contributed by atoms with van der Waals surface area (Å²) in [6.07, 6.45) is 1.57. The van der Waals surface area contributed by atoms with Crippen molar-refractivity contribution in [2.45, 2.75) is 30.0 Å². The highest BCUT2D eigenvalue weighted by Gasteiger charge is 2.26. The Morgan fingerprint density at radius 1 is 1.00 bits per heavy atom. The molecule has 0 bridgehead atoms. The molecule has 2 heterocycles. The molecule has 202 valence electrons. The second-order valence-electron chi connectivity index (χ2n) is 9.42. The van der Waals surface area contributed by atoms with Gasteiger partial charge in [-0.1, -0.05) is 35.5 Å². The molecule has 3 aromatic carbocycles. The number of carbonyl (C=O) groups excluding carboxylic acids is 1. The number of amides is 1. The minimum atomic E-state index is -0.0143. The first-order valence-corrected chi connectivity index (χ1v) is 13.9. The van der Waals surface area contributed by atoms with E-state index in [2.05, 4.69) is 44.6 Å². The van der Waals surface area contributed by atoms with Crippen molar-refractivity contribution in [2.24, 2.45) is 5.92 Å². The van der Waals surface area contributed by atoms with Gasteiger partial charge in [-0.25, -0.2) is 0 Å². The molecule has 1 aliphatic heterocycles. The summed E-state index contributed by atoms with van der Waals surface area (Å²) < 4.78 is 16.2. The van der Waals surface area contributed by atoms with Gasteiger partial charge in [-0.3, -0.25) is 9.69 Å². The van der Waals surface area contributed by atoms with Crippen molar-refractivity contribution in [2.75, 3.05) is 32.6 Å². The van der Waals surface area contributed by atoms with Crippen molar-refractivity contribution >= 4 is 23.4 Å². The molecule has 0 aliphatic carbocycles. The molecule has 1 N–H and O–H groups in total. The smallest absolute Gasteiger partial charge is 0.241 e. The van der Waals surface area contributed by atoms with Crippen molar-refractivity contribution in [3.63, 3.8) is 0 Å². The number of anilines is 1. The Morgan fingerprint density at radius 2 is 1.74 bits per heavy atom. The predicted octanol–water partition coefficient (Wildman–Crippen LogP) is 5.90. The number of ether oxygens (including phenoxy) is 2. The zero-order chi connectivity index (χ0) is 27.0. The van der Waals surface area contributed by atoms with Gasteiger partial charge in [0.25, 0.3) is 0 Å². The maximum atomic E-state index is 12.9. The van der Waals surface area contributed by atoms with Crippen LogP contribution in [0.15, 0.2) is 82.2 Å². The van der Waals surface area contributed by atoms with Crippen LogP contribution in [0.1, 0.15) is 24.3 Å².